The minimum Gasteiger partial charge on any atom is -0.443 e. The van der Waals surface area contributed by atoms with Crippen molar-refractivity contribution in [3.63, 3.8) is 0 Å². The van der Waals surface area contributed by atoms with E-state index in [9.17, 15) is 19.2 Å². The first-order valence-corrected chi connectivity index (χ1v) is 11.7. The van der Waals surface area contributed by atoms with Gasteiger partial charge >= 0.3 is 6.09 Å². The van der Waals surface area contributed by atoms with Crippen LogP contribution in [-0.4, -0.2) is 44.6 Å². The average molecular weight is 479 g/mol. The first-order chi connectivity index (χ1) is 16.5. The van der Waals surface area contributed by atoms with Gasteiger partial charge in [0, 0.05) is 25.2 Å². The third kappa shape index (κ3) is 5.18. The molecule has 0 atom stereocenters. The number of hydrogen-bond donors (Lipinski definition) is 1. The molecule has 2 heterocycles. The van der Waals surface area contributed by atoms with Gasteiger partial charge in [-0.2, -0.15) is 0 Å². The molecule has 0 radical (unpaired) electrons. The number of Topliss-reactive ketones (excluding diaryl/α,β-unsaturated/α-hetero) is 1. The lowest BCUT2D eigenvalue weighted by Crippen LogP contribution is -2.32. The second-order valence-corrected chi connectivity index (χ2v) is 9.98. The Morgan fingerprint density at radius 2 is 1.91 bits per heavy atom. The number of para-hydroxylation sites is 1. The van der Waals surface area contributed by atoms with Crippen molar-refractivity contribution in [2.75, 3.05) is 7.05 Å². The van der Waals surface area contributed by atoms with Gasteiger partial charge in [0.2, 0.25) is 0 Å². The number of amides is 1. The maximum absolute atomic E-state index is 13.2. The number of nitrogens with zero attached hydrogens (tertiary/aromatic N) is 3. The van der Waals surface area contributed by atoms with Crippen LogP contribution in [0.4, 0.5) is 4.79 Å². The molecule has 1 fully saturated rings. The topological polar surface area (TPSA) is 112 Å². The van der Waals surface area contributed by atoms with Gasteiger partial charge in [-0.3, -0.25) is 14.4 Å². The van der Waals surface area contributed by atoms with Crippen LogP contribution in [0.5, 0.6) is 0 Å². The third-order valence-electron chi connectivity index (χ3n) is 5.90. The Kier molecular flexibility index (Phi) is 6.36. The minimum atomic E-state index is -0.704. The highest BCUT2D eigenvalue weighted by atomic mass is 16.6. The van der Waals surface area contributed by atoms with Gasteiger partial charge < -0.3 is 14.6 Å². The molecule has 0 saturated heterocycles. The van der Waals surface area contributed by atoms with Gasteiger partial charge in [-0.1, -0.05) is 12.1 Å². The Labute approximate surface area is 203 Å². The molecule has 0 aliphatic heterocycles. The van der Waals surface area contributed by atoms with Crippen molar-refractivity contribution >= 4 is 28.8 Å². The predicted octanol–water partition coefficient (Wildman–Crippen LogP) is 3.68. The zero-order chi connectivity index (χ0) is 25.5. The van der Waals surface area contributed by atoms with Gasteiger partial charge in [-0.05, 0) is 64.2 Å². The number of aryl methyl sites for hydroxylation is 1. The molecule has 184 valence electrons. The van der Waals surface area contributed by atoms with E-state index in [-0.39, 0.29) is 17.9 Å². The third-order valence-corrected chi connectivity index (χ3v) is 5.90. The quantitative estimate of drug-likeness (QED) is 0.541. The highest BCUT2D eigenvalue weighted by molar-refractivity contribution is 6.00. The summed E-state index contributed by atoms with van der Waals surface area (Å²) in [5.74, 6) is 0.164. The van der Waals surface area contributed by atoms with E-state index >= 15 is 0 Å². The monoisotopic (exact) mass is 478 g/mol. The summed E-state index contributed by atoms with van der Waals surface area (Å²) < 4.78 is 8.32. The van der Waals surface area contributed by atoms with Gasteiger partial charge in [-0.15, -0.1) is 0 Å². The van der Waals surface area contributed by atoms with Crippen molar-refractivity contribution in [3.8, 4) is 0 Å². The standard InChI is InChI=1S/C26H30N4O5/c1-15-28-20-8-6-7-17(22(20)30(15)25(34)35-26(2,3)4)13-29-14-18(21(31)11-16-9-10-16)12-19(24(29)33)23(32)27-5/h6-8,12,14,16H,9-11,13H2,1-5H3,(H,27,32). The summed E-state index contributed by atoms with van der Waals surface area (Å²) in [5.41, 5.74) is 0.714. The lowest BCUT2D eigenvalue weighted by molar-refractivity contribution is 0.0540. The molecule has 1 aliphatic rings. The van der Waals surface area contributed by atoms with Gasteiger partial charge in [0.1, 0.15) is 17.0 Å². The van der Waals surface area contributed by atoms with Crippen LogP contribution in [0.25, 0.3) is 11.0 Å². The Bertz CT molecular complexity index is 1390. The molecule has 9 nitrogen and oxygen atoms in total. The maximum atomic E-state index is 13.2. The molecule has 1 N–H and O–H groups in total. The van der Waals surface area contributed by atoms with E-state index in [1.807, 2.05) is 0 Å². The number of hydrogen-bond acceptors (Lipinski definition) is 6. The van der Waals surface area contributed by atoms with E-state index in [1.54, 1.807) is 45.9 Å². The van der Waals surface area contributed by atoms with Crippen molar-refractivity contribution in [2.45, 2.75) is 59.1 Å². The molecule has 0 bridgehead atoms. The molecule has 1 amide bonds. The summed E-state index contributed by atoms with van der Waals surface area (Å²) in [6, 6.07) is 6.73. The van der Waals surface area contributed by atoms with Gasteiger partial charge in [-0.25, -0.2) is 14.3 Å². The Morgan fingerprint density at radius 1 is 1.20 bits per heavy atom. The van der Waals surface area contributed by atoms with Crippen molar-refractivity contribution in [2.24, 2.45) is 5.92 Å². The highest BCUT2D eigenvalue weighted by Gasteiger charge is 2.27. The number of ketones is 1. The Balaban J connectivity index is 1.82. The van der Waals surface area contributed by atoms with Crippen LogP contribution in [0.1, 0.15) is 72.1 Å². The second-order valence-electron chi connectivity index (χ2n) is 9.98. The number of nitrogens with one attached hydrogen (secondary N) is 1. The fourth-order valence-corrected chi connectivity index (χ4v) is 4.06. The van der Waals surface area contributed by atoms with Crippen molar-refractivity contribution in [1.29, 1.82) is 0 Å². The van der Waals surface area contributed by atoms with Crippen LogP contribution < -0.4 is 10.9 Å². The van der Waals surface area contributed by atoms with E-state index < -0.39 is 23.2 Å². The minimum absolute atomic E-state index is 0.0403. The molecule has 0 spiro atoms. The second kappa shape index (κ2) is 9.13. The predicted molar refractivity (Wildman–Crippen MR) is 131 cm³/mol. The maximum Gasteiger partial charge on any atom is 0.420 e. The number of rotatable bonds is 6. The van der Waals surface area contributed by atoms with Crippen molar-refractivity contribution in [1.82, 2.24) is 19.4 Å². The summed E-state index contributed by atoms with van der Waals surface area (Å²) >= 11 is 0. The van der Waals surface area contributed by atoms with Crippen LogP contribution in [0, 0.1) is 12.8 Å². The molecule has 2 aromatic heterocycles. The number of pyridine rings is 1. The Hall–Kier alpha value is -3.75. The smallest absolute Gasteiger partial charge is 0.420 e. The normalized spacial score (nSPS) is 13.6. The summed E-state index contributed by atoms with van der Waals surface area (Å²) in [6.07, 6.45) is 3.36. The summed E-state index contributed by atoms with van der Waals surface area (Å²) in [5, 5.41) is 2.47. The van der Waals surface area contributed by atoms with Crippen molar-refractivity contribution in [3.05, 3.63) is 63.3 Å². The van der Waals surface area contributed by atoms with E-state index in [1.165, 1.54) is 28.4 Å². The number of benzene rings is 1. The number of fused-ring (bicyclic) bond motifs is 1. The number of carbonyl (C=O) groups excluding carboxylic acids is 3. The zero-order valence-electron chi connectivity index (χ0n) is 20.7. The van der Waals surface area contributed by atoms with E-state index in [0.717, 1.165) is 12.8 Å². The Morgan fingerprint density at radius 3 is 2.54 bits per heavy atom. The fourth-order valence-electron chi connectivity index (χ4n) is 4.06. The summed E-state index contributed by atoms with van der Waals surface area (Å²) in [7, 11) is 1.44. The largest absolute Gasteiger partial charge is 0.443 e. The average Bonchev–Trinajstić information content (AvgIpc) is 3.52. The summed E-state index contributed by atoms with van der Waals surface area (Å²) in [4.78, 5) is 56.0. The number of aromatic nitrogens is 3. The van der Waals surface area contributed by atoms with Crippen LogP contribution in [0.3, 0.4) is 0 Å². The first-order valence-electron chi connectivity index (χ1n) is 11.7. The molecular weight excluding hydrogens is 448 g/mol. The highest BCUT2D eigenvalue weighted by Crippen LogP contribution is 2.33. The molecule has 1 aromatic carbocycles. The van der Waals surface area contributed by atoms with E-state index in [4.69, 9.17) is 4.74 Å². The van der Waals surface area contributed by atoms with Gasteiger partial charge in [0.15, 0.2) is 5.78 Å². The zero-order valence-corrected chi connectivity index (χ0v) is 20.7. The van der Waals surface area contributed by atoms with Crippen LogP contribution in [-0.2, 0) is 11.3 Å². The molecule has 3 aromatic rings. The fraction of sp³-hybridized carbons (Fsp3) is 0.423. The molecule has 1 aliphatic carbocycles. The molecule has 0 unspecified atom stereocenters. The lowest BCUT2D eigenvalue weighted by atomic mass is 10.0. The lowest BCUT2D eigenvalue weighted by Gasteiger charge is -2.20. The summed E-state index contributed by atoms with van der Waals surface area (Å²) in [6.45, 7) is 7.10. The number of imidazole rings is 1. The van der Waals surface area contributed by atoms with Crippen molar-refractivity contribution < 1.29 is 19.1 Å². The number of carbonyl (C=O) groups is 3. The molecule has 4 rings (SSSR count). The molecule has 1 saturated carbocycles. The first kappa shape index (κ1) is 24.4. The van der Waals surface area contributed by atoms with Crippen LogP contribution >= 0.6 is 0 Å². The number of ether oxygens (including phenoxy) is 1. The molecular formula is C26H30N4O5. The molecule has 9 heteroatoms. The van der Waals surface area contributed by atoms with E-state index in [2.05, 4.69) is 10.3 Å². The van der Waals surface area contributed by atoms with E-state index in [0.29, 0.717) is 40.3 Å². The SMILES string of the molecule is CNC(=O)c1cc(C(=O)CC2CC2)cn(Cc2cccc3nc(C)n(C(=O)OC(C)(C)C)c23)c1=O. The molecule has 35 heavy (non-hydrogen) atoms. The van der Waals surface area contributed by atoms with Gasteiger partial charge in [0.05, 0.1) is 17.6 Å². The van der Waals surface area contributed by atoms with Crippen LogP contribution in [0.15, 0.2) is 35.3 Å². The van der Waals surface area contributed by atoms with Crippen LogP contribution in [0.2, 0.25) is 0 Å². The van der Waals surface area contributed by atoms with Gasteiger partial charge in [0.25, 0.3) is 11.5 Å².